The van der Waals surface area contributed by atoms with Crippen molar-refractivity contribution in [2.45, 2.75) is 32.3 Å². The molecule has 1 atom stereocenters. The van der Waals surface area contributed by atoms with E-state index in [0.717, 1.165) is 18.3 Å². The molecule has 0 amide bonds. The van der Waals surface area contributed by atoms with E-state index in [2.05, 4.69) is 32.6 Å². The minimum atomic E-state index is 0.847. The monoisotopic (exact) mass is 190 g/mol. The second kappa shape index (κ2) is 7.42. The van der Waals surface area contributed by atoms with Crippen LogP contribution >= 0.6 is 24.4 Å². The predicted octanol–water partition coefficient (Wildman–Crippen LogP) is 3.18. The van der Waals surface area contributed by atoms with Crippen LogP contribution in [0.3, 0.4) is 0 Å². The van der Waals surface area contributed by atoms with Crippen LogP contribution in [-0.4, -0.2) is 24.5 Å². The SMILES string of the molecule is CSCCB(C)C(C)CCS. The molecule has 0 N–H and O–H groups in total. The Labute approximate surface area is 81.4 Å². The summed E-state index contributed by atoms with van der Waals surface area (Å²) in [5, 5.41) is 0. The van der Waals surface area contributed by atoms with E-state index < -0.39 is 0 Å². The molecule has 0 spiro atoms. The van der Waals surface area contributed by atoms with Crippen LogP contribution in [0, 0.1) is 0 Å². The van der Waals surface area contributed by atoms with Gasteiger partial charge in [0, 0.05) is 0 Å². The van der Waals surface area contributed by atoms with Gasteiger partial charge in [-0.05, 0) is 24.2 Å². The molecule has 0 aliphatic rings. The average Bonchev–Trinajstić information content (AvgIpc) is 2.00. The van der Waals surface area contributed by atoms with E-state index in [1.165, 1.54) is 18.5 Å². The van der Waals surface area contributed by atoms with Gasteiger partial charge in [0.25, 0.3) is 0 Å². The first kappa shape index (κ1) is 11.8. The molecule has 0 nitrogen and oxygen atoms in total. The van der Waals surface area contributed by atoms with Crippen molar-refractivity contribution in [3.8, 4) is 0 Å². The molecule has 0 bridgehead atoms. The van der Waals surface area contributed by atoms with Crippen LogP contribution in [-0.2, 0) is 0 Å². The third kappa shape index (κ3) is 5.97. The van der Waals surface area contributed by atoms with Crippen molar-refractivity contribution in [3.63, 3.8) is 0 Å². The third-order valence-corrected chi connectivity index (χ3v) is 3.24. The molecule has 0 rings (SSSR count). The summed E-state index contributed by atoms with van der Waals surface area (Å²) in [6, 6.07) is 0. The van der Waals surface area contributed by atoms with Gasteiger partial charge in [0.15, 0.2) is 0 Å². The average molecular weight is 190 g/mol. The molecular formula is C8H19BS2. The largest absolute Gasteiger partial charge is 0.179 e. The predicted molar refractivity (Wildman–Crippen MR) is 62.7 cm³/mol. The number of rotatable bonds is 6. The van der Waals surface area contributed by atoms with E-state index in [4.69, 9.17) is 0 Å². The van der Waals surface area contributed by atoms with Crippen LogP contribution in [0.5, 0.6) is 0 Å². The molecule has 0 aromatic rings. The molecule has 0 saturated heterocycles. The van der Waals surface area contributed by atoms with E-state index in [0.29, 0.717) is 0 Å². The van der Waals surface area contributed by atoms with Gasteiger partial charge in [-0.2, -0.15) is 24.4 Å². The Morgan fingerprint density at radius 2 is 2.18 bits per heavy atom. The molecular weight excluding hydrogens is 171 g/mol. The minimum absolute atomic E-state index is 0.847. The molecule has 0 aliphatic carbocycles. The van der Waals surface area contributed by atoms with E-state index in [9.17, 15) is 0 Å². The fourth-order valence-corrected chi connectivity index (χ4v) is 2.09. The second-order valence-corrected chi connectivity index (χ2v) is 4.68. The Morgan fingerprint density at radius 1 is 1.55 bits per heavy atom. The van der Waals surface area contributed by atoms with E-state index in [1.54, 1.807) is 0 Å². The fourth-order valence-electron chi connectivity index (χ4n) is 1.08. The summed E-state index contributed by atoms with van der Waals surface area (Å²) in [5.74, 6) is 3.18. The van der Waals surface area contributed by atoms with Crippen molar-refractivity contribution < 1.29 is 0 Å². The van der Waals surface area contributed by atoms with Crippen LogP contribution in [0.2, 0.25) is 19.0 Å². The Morgan fingerprint density at radius 3 is 2.64 bits per heavy atom. The van der Waals surface area contributed by atoms with Crippen molar-refractivity contribution in [2.75, 3.05) is 17.8 Å². The molecule has 0 saturated carbocycles. The van der Waals surface area contributed by atoms with Gasteiger partial charge >= 0.3 is 0 Å². The van der Waals surface area contributed by atoms with Crippen molar-refractivity contribution in [1.82, 2.24) is 0 Å². The zero-order chi connectivity index (χ0) is 8.69. The summed E-state index contributed by atoms with van der Waals surface area (Å²) >= 11 is 6.19. The quantitative estimate of drug-likeness (QED) is 0.495. The van der Waals surface area contributed by atoms with Crippen LogP contribution < -0.4 is 0 Å². The van der Waals surface area contributed by atoms with Crippen LogP contribution in [0.1, 0.15) is 13.3 Å². The zero-order valence-corrected chi connectivity index (χ0v) is 9.55. The highest BCUT2D eigenvalue weighted by atomic mass is 32.2. The first-order valence-corrected chi connectivity index (χ1v) is 6.34. The lowest BCUT2D eigenvalue weighted by molar-refractivity contribution is 0.864. The molecule has 0 fully saturated rings. The van der Waals surface area contributed by atoms with Gasteiger partial charge in [-0.1, -0.05) is 25.9 Å². The molecule has 0 aromatic heterocycles. The molecule has 1 unspecified atom stereocenters. The number of thioether (sulfide) groups is 1. The molecule has 0 aromatic carbocycles. The first-order chi connectivity index (χ1) is 5.22. The highest BCUT2D eigenvalue weighted by Gasteiger charge is 2.13. The maximum Gasteiger partial charge on any atom is 0.140 e. The topological polar surface area (TPSA) is 0 Å². The molecule has 3 heteroatoms. The van der Waals surface area contributed by atoms with Gasteiger partial charge in [0.1, 0.15) is 6.71 Å². The van der Waals surface area contributed by atoms with E-state index >= 15 is 0 Å². The highest BCUT2D eigenvalue weighted by molar-refractivity contribution is 7.98. The van der Waals surface area contributed by atoms with Gasteiger partial charge < -0.3 is 0 Å². The van der Waals surface area contributed by atoms with Crippen LogP contribution in [0.25, 0.3) is 0 Å². The lowest BCUT2D eigenvalue weighted by atomic mass is 9.41. The van der Waals surface area contributed by atoms with Crippen molar-refractivity contribution >= 4 is 31.1 Å². The summed E-state index contributed by atoms with van der Waals surface area (Å²) in [5.41, 5.74) is 0. The summed E-state index contributed by atoms with van der Waals surface area (Å²) < 4.78 is 0. The Hall–Kier alpha value is 0.765. The molecule has 66 valence electrons. The molecule has 0 radical (unpaired) electrons. The third-order valence-electron chi connectivity index (χ3n) is 2.33. The smallest absolute Gasteiger partial charge is 0.140 e. The minimum Gasteiger partial charge on any atom is -0.179 e. The first-order valence-electron chi connectivity index (χ1n) is 4.32. The van der Waals surface area contributed by atoms with Gasteiger partial charge in [0.05, 0.1) is 0 Å². The maximum atomic E-state index is 4.24. The van der Waals surface area contributed by atoms with E-state index in [1.807, 2.05) is 11.8 Å². The second-order valence-electron chi connectivity index (χ2n) is 3.25. The van der Waals surface area contributed by atoms with Crippen LogP contribution in [0.4, 0.5) is 0 Å². The summed E-state index contributed by atoms with van der Waals surface area (Å²) in [7, 11) is 0. The van der Waals surface area contributed by atoms with Gasteiger partial charge in [-0.3, -0.25) is 0 Å². The zero-order valence-electron chi connectivity index (χ0n) is 7.84. The van der Waals surface area contributed by atoms with Crippen molar-refractivity contribution in [3.05, 3.63) is 0 Å². The number of thiol groups is 1. The summed E-state index contributed by atoms with van der Waals surface area (Å²) in [4.78, 5) is 0. The standard InChI is InChI=1S/C8H19BS2/c1-8(4-6-10)9(2)5-7-11-3/h8,10H,4-7H2,1-3H3. The van der Waals surface area contributed by atoms with Gasteiger partial charge in [0.2, 0.25) is 0 Å². The highest BCUT2D eigenvalue weighted by Crippen LogP contribution is 2.18. The summed E-state index contributed by atoms with van der Waals surface area (Å²) in [6.45, 7) is 5.56. The van der Waals surface area contributed by atoms with E-state index in [-0.39, 0.29) is 0 Å². The maximum absolute atomic E-state index is 4.24. The van der Waals surface area contributed by atoms with Gasteiger partial charge in [-0.15, -0.1) is 0 Å². The fraction of sp³-hybridized carbons (Fsp3) is 1.00. The lowest BCUT2D eigenvalue weighted by Gasteiger charge is -2.14. The molecule has 0 heterocycles. The summed E-state index contributed by atoms with van der Waals surface area (Å²) in [6.07, 6.45) is 4.80. The lowest BCUT2D eigenvalue weighted by Crippen LogP contribution is -2.15. The van der Waals surface area contributed by atoms with Crippen molar-refractivity contribution in [1.29, 1.82) is 0 Å². The molecule has 0 aliphatic heterocycles. The van der Waals surface area contributed by atoms with Crippen LogP contribution in [0.15, 0.2) is 0 Å². The Bertz CT molecular complexity index is 88.2. The van der Waals surface area contributed by atoms with Gasteiger partial charge in [-0.25, -0.2) is 0 Å². The number of hydrogen-bond donors (Lipinski definition) is 1. The normalized spacial score (nSPS) is 13.1. The number of hydrogen-bond acceptors (Lipinski definition) is 2. The van der Waals surface area contributed by atoms with Crippen molar-refractivity contribution in [2.24, 2.45) is 0 Å². The Balaban J connectivity index is 3.38. The Kier molecular flexibility index (Phi) is 7.93. The molecule has 11 heavy (non-hydrogen) atoms.